The molecule has 528 valence electrons. The Morgan fingerprint density at radius 2 is 0.696 bits per heavy atom. The lowest BCUT2D eigenvalue weighted by Gasteiger charge is -2.41. The summed E-state index contributed by atoms with van der Waals surface area (Å²) >= 11 is 22.3. The van der Waals surface area contributed by atoms with Crippen LogP contribution < -0.4 is 44.4 Å². The largest absolute Gasteiger partial charge is 0.481 e. The molecule has 6 aromatic carbocycles. The van der Waals surface area contributed by atoms with Gasteiger partial charge in [0.2, 0.25) is 17.6 Å². The zero-order chi connectivity index (χ0) is 71.6. The van der Waals surface area contributed by atoms with Crippen molar-refractivity contribution in [2.75, 3.05) is 62.1 Å². The number of aliphatic hydroxyl groups excluding tert-OH is 3. The van der Waals surface area contributed by atoms with E-state index in [2.05, 4.69) is 56.5 Å². The van der Waals surface area contributed by atoms with E-state index in [1.165, 1.54) is 33.5 Å². The molecular formula is C78H76BrCl3N8O12. The van der Waals surface area contributed by atoms with Crippen LogP contribution in [0.25, 0.3) is 9.69 Å². The van der Waals surface area contributed by atoms with Crippen molar-refractivity contribution in [2.24, 2.45) is 17.8 Å². The van der Waals surface area contributed by atoms with E-state index in [9.17, 15) is 30.6 Å². The number of benzene rings is 6. The maximum atomic E-state index is 12.6. The first-order valence-electron chi connectivity index (χ1n) is 32.6. The topological polar surface area (TPSA) is 260 Å². The third-order valence-electron chi connectivity index (χ3n) is 21.0. The summed E-state index contributed by atoms with van der Waals surface area (Å²) in [6, 6.07) is 55.3. The van der Waals surface area contributed by atoms with E-state index < -0.39 is 81.5 Å². The quantitative estimate of drug-likeness (QED) is 0.0341. The fourth-order valence-corrected chi connectivity index (χ4v) is 18.1. The van der Waals surface area contributed by atoms with Crippen LogP contribution >= 0.6 is 50.7 Å². The molecule has 20 nitrogen and oxygen atoms in total. The summed E-state index contributed by atoms with van der Waals surface area (Å²) in [5.41, 5.74) is -3.39. The van der Waals surface area contributed by atoms with Crippen LogP contribution in [0.5, 0.6) is 34.9 Å². The lowest BCUT2D eigenvalue weighted by molar-refractivity contribution is -0.152. The number of aliphatic hydroxyl groups is 6. The third kappa shape index (κ3) is 10.9. The van der Waals surface area contributed by atoms with Crippen LogP contribution in [0.3, 0.4) is 0 Å². The molecule has 0 amide bonds. The van der Waals surface area contributed by atoms with Gasteiger partial charge in [-0.25, -0.2) is 24.6 Å². The van der Waals surface area contributed by atoms with Crippen molar-refractivity contribution in [2.45, 2.75) is 77.1 Å². The van der Waals surface area contributed by atoms with Gasteiger partial charge in [0.25, 0.3) is 0 Å². The standard InChI is InChI=1S/2C26H24ClN3O4.C25H24BrClN2O4.CH4/c2*1-28-14-18-21(15-7-5-4-6-8-15)26(16-9-11-17(29-2)12-10-16)25(32,23(18)31)22-19(34-26)13-20(27)30-24(22)33-3;1-28-13-17-20(14-6-4-3-5-7-14)25(15-8-10-16(26)11-9-15)24(31,22(17)30)21-18(33-25)12-19(27)29-23(21)32-2;/h2*4-13,18,21,23,28,31-32H,14H2,1,3H3;3-12,17,20,22,28,30-31H,13H2,1-2H3;1H4/t2*18-,21-,23-,25+,26+;17-,20-,22-,24+,25+;/m111./s1. The molecule has 0 spiro atoms. The van der Waals surface area contributed by atoms with Crippen molar-refractivity contribution in [3.05, 3.63) is 275 Å². The minimum atomic E-state index is -1.91. The van der Waals surface area contributed by atoms with Crippen molar-refractivity contribution in [1.29, 1.82) is 0 Å². The van der Waals surface area contributed by atoms with Crippen molar-refractivity contribution < 1.29 is 59.1 Å². The first-order chi connectivity index (χ1) is 48.7. The number of pyridine rings is 3. The van der Waals surface area contributed by atoms with Gasteiger partial charge in [-0.05, 0) is 66.7 Å². The molecule has 0 bridgehead atoms. The number of halogens is 4. The molecular weight excluding hydrogens is 1430 g/mol. The number of ether oxygens (including phenoxy) is 6. The Labute approximate surface area is 614 Å². The predicted octanol–water partition coefficient (Wildman–Crippen LogP) is 12.1. The van der Waals surface area contributed by atoms with Gasteiger partial charge in [-0.1, -0.05) is 210 Å². The van der Waals surface area contributed by atoms with Crippen LogP contribution in [0.1, 0.15) is 75.3 Å². The van der Waals surface area contributed by atoms with Crippen LogP contribution in [-0.2, 0) is 33.6 Å². The highest BCUT2D eigenvalue weighted by molar-refractivity contribution is 9.10. The summed E-state index contributed by atoms with van der Waals surface area (Å²) in [7, 11) is 9.78. The lowest BCUT2D eigenvalue weighted by Crippen LogP contribution is -2.52. The molecule has 0 radical (unpaired) electrons. The molecule has 0 unspecified atom stereocenters. The number of aromatic nitrogens is 3. The van der Waals surface area contributed by atoms with Crippen LogP contribution in [0.4, 0.5) is 11.4 Å². The second-order valence-electron chi connectivity index (χ2n) is 25.8. The van der Waals surface area contributed by atoms with E-state index in [0.717, 1.165) is 26.7 Å². The number of fused-ring (bicyclic) bond motifs is 9. The molecule has 3 aliphatic heterocycles. The molecule has 6 aliphatic rings. The average molecular weight is 1500 g/mol. The molecule has 6 heterocycles. The van der Waals surface area contributed by atoms with Gasteiger partial charge in [0.15, 0.2) is 45.0 Å². The molecule has 3 saturated carbocycles. The molecule has 15 atom stereocenters. The Morgan fingerprint density at radius 3 is 0.931 bits per heavy atom. The number of nitrogens with one attached hydrogen (secondary N) is 3. The van der Waals surface area contributed by atoms with E-state index in [0.29, 0.717) is 64.9 Å². The van der Waals surface area contributed by atoms with Crippen molar-refractivity contribution >= 4 is 62.1 Å². The fourth-order valence-electron chi connectivity index (χ4n) is 17.3. The van der Waals surface area contributed by atoms with Crippen molar-refractivity contribution in [3.63, 3.8) is 0 Å². The highest BCUT2D eigenvalue weighted by Gasteiger charge is 2.80. The van der Waals surface area contributed by atoms with Crippen LogP contribution in [0.15, 0.2) is 186 Å². The molecule has 9 aromatic rings. The monoisotopic (exact) mass is 1500 g/mol. The second-order valence-corrected chi connectivity index (χ2v) is 27.9. The SMILES string of the molecule is C.CNC[C@H]1[C@@H](O)[C@@]2(O)c3c(cc(Cl)nc3OC)O[C@@]2(c2ccc(Br)cc2)[C@@H]1c1ccccc1.[C-]#[N+]c1ccc([C@@]23Oc4cc(Cl)nc(OC)c4[C@]2(O)[C@H](O)[C@H](CNC)[C@H]3c2ccccc2)cc1.[C-]#[N+]c1ccc([C@@]23Oc4cc(Cl)nc(OC)c4[C@]2(O)[C@H](O)[C@H](CNC)[C@H]3c2ccccc2)cc1. The molecule has 15 rings (SSSR count). The van der Waals surface area contributed by atoms with Crippen molar-refractivity contribution in [3.8, 4) is 34.9 Å². The minimum Gasteiger partial charge on any atom is -0.481 e. The average Bonchev–Trinajstić information content (AvgIpc) is 1.51. The summed E-state index contributed by atoms with van der Waals surface area (Å²) in [5, 5.41) is 83.2. The molecule has 3 aromatic heterocycles. The van der Waals surface area contributed by atoms with Gasteiger partial charge in [-0.3, -0.25) is 0 Å². The Bertz CT molecular complexity index is 4430. The number of hydrogen-bond acceptors (Lipinski definition) is 18. The van der Waals surface area contributed by atoms with Gasteiger partial charge in [0.05, 0.1) is 69.5 Å². The second kappa shape index (κ2) is 28.6. The maximum absolute atomic E-state index is 12.6. The predicted molar refractivity (Wildman–Crippen MR) is 390 cm³/mol. The minimum absolute atomic E-state index is 0. The highest BCUT2D eigenvalue weighted by Crippen LogP contribution is 2.73. The zero-order valence-electron chi connectivity index (χ0n) is 55.5. The van der Waals surface area contributed by atoms with Gasteiger partial charge in [-0.15, -0.1) is 0 Å². The maximum Gasteiger partial charge on any atom is 0.224 e. The Hall–Kier alpha value is -8.46. The van der Waals surface area contributed by atoms with E-state index in [4.69, 9.17) is 76.4 Å². The summed E-state index contributed by atoms with van der Waals surface area (Å²) in [5.74, 6) is -1.27. The van der Waals surface area contributed by atoms with E-state index in [-0.39, 0.29) is 57.6 Å². The van der Waals surface area contributed by atoms with Crippen LogP contribution in [0.2, 0.25) is 15.5 Å². The molecule has 102 heavy (non-hydrogen) atoms. The fraction of sp³-hybridized carbons (Fsp3) is 0.321. The van der Waals surface area contributed by atoms with E-state index in [1.54, 1.807) is 68.7 Å². The smallest absolute Gasteiger partial charge is 0.224 e. The Kier molecular flexibility index (Phi) is 20.6. The molecule has 0 saturated heterocycles. The summed E-state index contributed by atoms with van der Waals surface area (Å²) in [6.45, 7) is 16.0. The van der Waals surface area contributed by atoms with E-state index in [1.807, 2.05) is 122 Å². The molecule has 3 fully saturated rings. The Balaban J connectivity index is 0.000000144. The number of nitrogens with zero attached hydrogens (tertiary/aromatic N) is 5. The molecule has 3 aliphatic carbocycles. The first-order valence-corrected chi connectivity index (χ1v) is 34.5. The summed E-state index contributed by atoms with van der Waals surface area (Å²) < 4.78 is 37.6. The van der Waals surface area contributed by atoms with Gasteiger partial charge in [0.1, 0.15) is 32.7 Å². The van der Waals surface area contributed by atoms with Gasteiger partial charge in [-0.2, -0.15) is 0 Å². The summed E-state index contributed by atoms with van der Waals surface area (Å²) in [6.07, 6.45) is -3.65. The van der Waals surface area contributed by atoms with Crippen molar-refractivity contribution in [1.82, 2.24) is 30.9 Å². The van der Waals surface area contributed by atoms with Crippen LogP contribution in [-0.4, -0.2) is 126 Å². The molecule has 24 heteroatoms. The lowest BCUT2D eigenvalue weighted by atomic mass is 9.71. The van der Waals surface area contributed by atoms with Crippen LogP contribution in [0, 0.1) is 30.9 Å². The van der Waals surface area contributed by atoms with Gasteiger partial charge < -0.3 is 75.0 Å². The van der Waals surface area contributed by atoms with E-state index >= 15 is 0 Å². The highest BCUT2D eigenvalue weighted by atomic mass is 79.9. The van der Waals surface area contributed by atoms with Gasteiger partial charge >= 0.3 is 0 Å². The summed E-state index contributed by atoms with van der Waals surface area (Å²) in [4.78, 5) is 19.8. The number of hydrogen-bond donors (Lipinski definition) is 9. The molecule has 9 N–H and O–H groups in total. The first kappa shape index (κ1) is 73.3. The number of rotatable bonds is 15. The third-order valence-corrected chi connectivity index (χ3v) is 22.1. The zero-order valence-corrected chi connectivity index (χ0v) is 59.4. The normalized spacial score (nSPS) is 29.1. The Morgan fingerprint density at radius 1 is 0.441 bits per heavy atom. The van der Waals surface area contributed by atoms with Gasteiger partial charge in [0, 0.05) is 77.8 Å². The number of methoxy groups -OCH3 is 3.